The van der Waals surface area contributed by atoms with Crippen molar-refractivity contribution in [3.63, 3.8) is 0 Å². The number of halogens is 1. The van der Waals surface area contributed by atoms with Crippen molar-refractivity contribution >= 4 is 31.6 Å². The Morgan fingerprint density at radius 3 is 2.56 bits per heavy atom. The van der Waals surface area contributed by atoms with Crippen LogP contribution in [0.4, 0.5) is 5.69 Å². The molecule has 0 aliphatic carbocycles. The minimum absolute atomic E-state index is 0.0352. The van der Waals surface area contributed by atoms with Crippen LogP contribution in [0.15, 0.2) is 27.6 Å². The third kappa shape index (κ3) is 2.41. The highest BCUT2D eigenvalue weighted by molar-refractivity contribution is 9.10. The lowest BCUT2D eigenvalue weighted by atomic mass is 10.1. The van der Waals surface area contributed by atoms with E-state index in [1.807, 2.05) is 6.92 Å². The standard InChI is InChI=1S/C12H17BrN2O2S/c1-8-5-9(2)15(7-8)18(16,17)12-4-3-10(13)6-11(12)14/h3-4,6,8-9H,5,7,14H2,1-2H3. The highest BCUT2D eigenvalue weighted by Crippen LogP contribution is 2.32. The fourth-order valence-corrected chi connectivity index (χ4v) is 4.72. The molecule has 1 aliphatic rings. The smallest absolute Gasteiger partial charge is 0.245 e. The molecule has 100 valence electrons. The quantitative estimate of drug-likeness (QED) is 0.846. The predicted octanol–water partition coefficient (Wildman–Crippen LogP) is 2.45. The van der Waals surface area contributed by atoms with E-state index in [-0.39, 0.29) is 16.6 Å². The first-order valence-electron chi connectivity index (χ1n) is 5.89. The molecule has 0 saturated carbocycles. The van der Waals surface area contributed by atoms with Gasteiger partial charge in [0.15, 0.2) is 0 Å². The number of rotatable bonds is 2. The number of benzene rings is 1. The van der Waals surface area contributed by atoms with Crippen LogP contribution in [0.25, 0.3) is 0 Å². The number of hydrogen-bond acceptors (Lipinski definition) is 3. The topological polar surface area (TPSA) is 63.4 Å². The fraction of sp³-hybridized carbons (Fsp3) is 0.500. The average molecular weight is 333 g/mol. The van der Waals surface area contributed by atoms with Gasteiger partial charge in [0.2, 0.25) is 10.0 Å². The molecule has 0 spiro atoms. The minimum atomic E-state index is -3.48. The van der Waals surface area contributed by atoms with Crippen LogP contribution in [-0.2, 0) is 10.0 Å². The molecule has 0 radical (unpaired) electrons. The Kier molecular flexibility index (Phi) is 3.71. The molecule has 2 N–H and O–H groups in total. The van der Waals surface area contributed by atoms with Crippen molar-refractivity contribution in [2.24, 2.45) is 5.92 Å². The maximum atomic E-state index is 12.6. The van der Waals surface area contributed by atoms with Crippen LogP contribution in [0.3, 0.4) is 0 Å². The zero-order chi connectivity index (χ0) is 13.5. The summed E-state index contributed by atoms with van der Waals surface area (Å²) in [5.74, 6) is 0.395. The van der Waals surface area contributed by atoms with Gasteiger partial charge >= 0.3 is 0 Å². The summed E-state index contributed by atoms with van der Waals surface area (Å²) < 4.78 is 27.4. The van der Waals surface area contributed by atoms with Gasteiger partial charge in [-0.2, -0.15) is 4.31 Å². The van der Waals surface area contributed by atoms with Gasteiger partial charge in [-0.3, -0.25) is 0 Å². The highest BCUT2D eigenvalue weighted by atomic mass is 79.9. The number of sulfonamides is 1. The van der Waals surface area contributed by atoms with Gasteiger partial charge in [0.25, 0.3) is 0 Å². The Morgan fingerprint density at radius 1 is 1.39 bits per heavy atom. The van der Waals surface area contributed by atoms with E-state index in [0.717, 1.165) is 10.9 Å². The van der Waals surface area contributed by atoms with E-state index in [4.69, 9.17) is 5.73 Å². The third-order valence-corrected chi connectivity index (χ3v) is 5.83. The van der Waals surface area contributed by atoms with Crippen LogP contribution < -0.4 is 5.73 Å². The van der Waals surface area contributed by atoms with E-state index < -0.39 is 10.0 Å². The highest BCUT2D eigenvalue weighted by Gasteiger charge is 2.36. The van der Waals surface area contributed by atoms with Crippen molar-refractivity contribution in [1.29, 1.82) is 0 Å². The predicted molar refractivity (Wildman–Crippen MR) is 75.7 cm³/mol. The van der Waals surface area contributed by atoms with Crippen molar-refractivity contribution < 1.29 is 8.42 Å². The van der Waals surface area contributed by atoms with Crippen LogP contribution in [0.2, 0.25) is 0 Å². The molecule has 2 rings (SSSR count). The first-order chi connectivity index (χ1) is 8.32. The van der Waals surface area contributed by atoms with Gasteiger partial charge in [-0.25, -0.2) is 8.42 Å². The molecule has 0 amide bonds. The fourth-order valence-electron chi connectivity index (χ4n) is 2.48. The maximum absolute atomic E-state index is 12.6. The minimum Gasteiger partial charge on any atom is -0.398 e. The van der Waals surface area contributed by atoms with Crippen LogP contribution in [0.5, 0.6) is 0 Å². The number of hydrogen-bond donors (Lipinski definition) is 1. The zero-order valence-corrected chi connectivity index (χ0v) is 12.8. The molecule has 0 aromatic heterocycles. The summed E-state index contributed by atoms with van der Waals surface area (Å²) in [5.41, 5.74) is 6.11. The van der Waals surface area contributed by atoms with E-state index >= 15 is 0 Å². The summed E-state index contributed by atoms with van der Waals surface area (Å²) in [6.45, 7) is 4.58. The third-order valence-electron chi connectivity index (χ3n) is 3.29. The second-order valence-corrected chi connectivity index (χ2v) is 7.72. The van der Waals surface area contributed by atoms with Crippen molar-refractivity contribution in [2.75, 3.05) is 12.3 Å². The first kappa shape index (κ1) is 13.8. The Labute approximate surface area is 116 Å². The van der Waals surface area contributed by atoms with Crippen molar-refractivity contribution in [2.45, 2.75) is 31.2 Å². The van der Waals surface area contributed by atoms with Gasteiger partial charge in [-0.05, 0) is 37.5 Å². The lowest BCUT2D eigenvalue weighted by Gasteiger charge is -2.21. The van der Waals surface area contributed by atoms with E-state index in [0.29, 0.717) is 12.5 Å². The van der Waals surface area contributed by atoms with Crippen molar-refractivity contribution in [3.05, 3.63) is 22.7 Å². The average Bonchev–Trinajstić information content (AvgIpc) is 2.57. The van der Waals surface area contributed by atoms with Gasteiger partial charge < -0.3 is 5.73 Å². The second-order valence-electron chi connectivity index (χ2n) is 4.95. The van der Waals surface area contributed by atoms with Gasteiger partial charge in [-0.1, -0.05) is 22.9 Å². The summed E-state index contributed by atoms with van der Waals surface area (Å²) in [7, 11) is -3.48. The van der Waals surface area contributed by atoms with Crippen LogP contribution >= 0.6 is 15.9 Å². The summed E-state index contributed by atoms with van der Waals surface area (Å²) in [5, 5.41) is 0. The molecule has 1 aliphatic heterocycles. The van der Waals surface area contributed by atoms with Crippen molar-refractivity contribution in [1.82, 2.24) is 4.31 Å². The Hall–Kier alpha value is -0.590. The van der Waals surface area contributed by atoms with Gasteiger partial charge in [-0.15, -0.1) is 0 Å². The van der Waals surface area contributed by atoms with Crippen LogP contribution in [0, 0.1) is 5.92 Å². The summed E-state index contributed by atoms with van der Waals surface area (Å²) in [6.07, 6.45) is 0.898. The number of nitrogens with zero attached hydrogens (tertiary/aromatic N) is 1. The summed E-state index contributed by atoms with van der Waals surface area (Å²) >= 11 is 3.28. The molecule has 6 heteroatoms. The van der Waals surface area contributed by atoms with Gasteiger partial charge in [0.05, 0.1) is 5.69 Å². The molecule has 1 fully saturated rings. The summed E-state index contributed by atoms with van der Waals surface area (Å²) in [4.78, 5) is 0.201. The SMILES string of the molecule is CC1CC(C)N(S(=O)(=O)c2ccc(Br)cc2N)C1. The van der Waals surface area contributed by atoms with E-state index in [1.54, 1.807) is 22.5 Å². The van der Waals surface area contributed by atoms with E-state index in [2.05, 4.69) is 22.9 Å². The molecule has 18 heavy (non-hydrogen) atoms. The molecule has 1 aromatic carbocycles. The Bertz CT molecular complexity index is 559. The number of anilines is 1. The molecule has 0 bridgehead atoms. The lowest BCUT2D eigenvalue weighted by molar-refractivity contribution is 0.406. The lowest BCUT2D eigenvalue weighted by Crippen LogP contribution is -2.34. The number of nitrogens with two attached hydrogens (primary N) is 1. The van der Waals surface area contributed by atoms with Crippen LogP contribution in [-0.4, -0.2) is 25.3 Å². The molecule has 2 unspecified atom stereocenters. The monoisotopic (exact) mass is 332 g/mol. The Balaban J connectivity index is 2.42. The Morgan fingerprint density at radius 2 is 2.06 bits per heavy atom. The van der Waals surface area contributed by atoms with Gasteiger partial charge in [0, 0.05) is 17.1 Å². The number of nitrogen functional groups attached to an aromatic ring is 1. The van der Waals surface area contributed by atoms with Crippen molar-refractivity contribution in [3.8, 4) is 0 Å². The molecular formula is C12H17BrN2O2S. The molecular weight excluding hydrogens is 316 g/mol. The molecule has 4 nitrogen and oxygen atoms in total. The molecule has 2 atom stereocenters. The van der Waals surface area contributed by atoms with E-state index in [1.165, 1.54) is 0 Å². The molecule has 1 saturated heterocycles. The zero-order valence-electron chi connectivity index (χ0n) is 10.4. The summed E-state index contributed by atoms with van der Waals surface area (Å²) in [6, 6.07) is 4.92. The van der Waals surface area contributed by atoms with Crippen LogP contribution in [0.1, 0.15) is 20.3 Å². The first-order valence-corrected chi connectivity index (χ1v) is 8.12. The largest absolute Gasteiger partial charge is 0.398 e. The molecule has 1 heterocycles. The maximum Gasteiger partial charge on any atom is 0.245 e. The normalized spacial score (nSPS) is 25.5. The molecule has 1 aromatic rings. The second kappa shape index (κ2) is 4.83. The van der Waals surface area contributed by atoms with E-state index in [9.17, 15) is 8.42 Å². The van der Waals surface area contributed by atoms with Gasteiger partial charge in [0.1, 0.15) is 4.90 Å².